The molecule has 1 N–H and O–H groups in total. The summed E-state index contributed by atoms with van der Waals surface area (Å²) in [6.45, 7) is 0. The number of nitrogens with zero attached hydrogens (tertiary/aromatic N) is 1. The summed E-state index contributed by atoms with van der Waals surface area (Å²) in [7, 11) is -0.263. The molecule has 1 heterocycles. The summed E-state index contributed by atoms with van der Waals surface area (Å²) in [5.74, 6) is 0. The van der Waals surface area contributed by atoms with Gasteiger partial charge in [-0.15, -0.1) is 0 Å². The van der Waals surface area contributed by atoms with Gasteiger partial charge in [-0.05, 0) is 12.1 Å². The van der Waals surface area contributed by atoms with Gasteiger partial charge in [-0.3, -0.25) is 0 Å². The average Bonchev–Trinajstić information content (AvgIpc) is 2.37. The third kappa shape index (κ3) is 1.44. The van der Waals surface area contributed by atoms with Gasteiger partial charge >= 0.3 is 0 Å². The topological polar surface area (TPSA) is 53.2 Å². The summed E-state index contributed by atoms with van der Waals surface area (Å²) < 4.78 is 23.7. The Balaban J connectivity index is 3.12. The molecule has 11 heavy (non-hydrogen) atoms. The van der Waals surface area contributed by atoms with E-state index in [9.17, 15) is 8.42 Å². The Morgan fingerprint density at radius 2 is 2.09 bits per heavy atom. The minimum absolute atomic E-state index is 0.225. The van der Waals surface area contributed by atoms with Gasteiger partial charge in [-0.25, -0.2) is 12.7 Å². The lowest BCUT2D eigenvalue weighted by Gasteiger charge is -2.08. The van der Waals surface area contributed by atoms with Crippen molar-refractivity contribution in [2.24, 2.45) is 0 Å². The molecule has 5 heteroatoms. The molecular weight excluding hydrogens is 164 g/mol. The zero-order valence-corrected chi connectivity index (χ0v) is 7.22. The van der Waals surface area contributed by atoms with Crippen LogP contribution in [0.2, 0.25) is 0 Å². The quantitative estimate of drug-likeness (QED) is 0.699. The predicted molar refractivity (Wildman–Crippen MR) is 41.7 cm³/mol. The third-order valence-corrected chi connectivity index (χ3v) is 3.10. The number of rotatable bonds is 2. The Morgan fingerprint density at radius 1 is 1.45 bits per heavy atom. The number of aromatic nitrogens is 1. The van der Waals surface area contributed by atoms with Crippen LogP contribution in [-0.2, 0) is 10.0 Å². The molecule has 62 valence electrons. The first-order valence-electron chi connectivity index (χ1n) is 3.11. The lowest BCUT2D eigenvalue weighted by molar-refractivity contribution is 0.517. The van der Waals surface area contributed by atoms with Gasteiger partial charge in [-0.2, -0.15) is 0 Å². The minimum Gasteiger partial charge on any atom is -0.351 e. The van der Waals surface area contributed by atoms with E-state index in [1.54, 1.807) is 12.3 Å². The molecule has 1 aromatic rings. The van der Waals surface area contributed by atoms with Crippen molar-refractivity contribution in [3.8, 4) is 0 Å². The number of H-pyrrole nitrogens is 1. The van der Waals surface area contributed by atoms with Crippen LogP contribution in [0.5, 0.6) is 0 Å². The summed E-state index contributed by atoms with van der Waals surface area (Å²) in [6, 6.07) is 3.17. The van der Waals surface area contributed by atoms with Crippen molar-refractivity contribution >= 4 is 10.0 Å². The van der Waals surface area contributed by atoms with Gasteiger partial charge in [0.1, 0.15) is 5.03 Å². The maximum Gasteiger partial charge on any atom is 0.257 e. The Bertz CT molecular complexity index is 312. The van der Waals surface area contributed by atoms with Crippen LogP contribution >= 0.6 is 0 Å². The van der Waals surface area contributed by atoms with Gasteiger partial charge in [0.2, 0.25) is 0 Å². The van der Waals surface area contributed by atoms with Crippen LogP contribution in [0.15, 0.2) is 23.4 Å². The van der Waals surface area contributed by atoms with Gasteiger partial charge < -0.3 is 4.98 Å². The van der Waals surface area contributed by atoms with Crippen LogP contribution in [0, 0.1) is 0 Å². The highest BCUT2D eigenvalue weighted by Gasteiger charge is 2.16. The van der Waals surface area contributed by atoms with Crippen LogP contribution in [0.4, 0.5) is 0 Å². The lowest BCUT2D eigenvalue weighted by atomic mass is 10.7. The molecule has 0 aromatic carbocycles. The molecule has 0 aliphatic carbocycles. The molecule has 0 saturated heterocycles. The molecule has 0 aliphatic rings. The highest BCUT2D eigenvalue weighted by molar-refractivity contribution is 7.89. The molecular formula is C6H10N2O2S. The van der Waals surface area contributed by atoms with E-state index in [4.69, 9.17) is 0 Å². The van der Waals surface area contributed by atoms with E-state index < -0.39 is 10.0 Å². The Morgan fingerprint density at radius 3 is 2.45 bits per heavy atom. The van der Waals surface area contributed by atoms with Crippen molar-refractivity contribution in [1.82, 2.24) is 9.29 Å². The van der Waals surface area contributed by atoms with E-state index in [1.165, 1.54) is 24.5 Å². The van der Waals surface area contributed by atoms with E-state index in [-0.39, 0.29) is 5.03 Å². The summed E-state index contributed by atoms with van der Waals surface area (Å²) in [6.07, 6.45) is 1.58. The number of sulfonamides is 1. The van der Waals surface area contributed by atoms with Crippen molar-refractivity contribution in [3.05, 3.63) is 18.3 Å². The fourth-order valence-corrected chi connectivity index (χ4v) is 1.53. The number of hydrogen-bond acceptors (Lipinski definition) is 2. The first-order valence-corrected chi connectivity index (χ1v) is 4.55. The van der Waals surface area contributed by atoms with E-state index in [0.29, 0.717) is 0 Å². The third-order valence-electron chi connectivity index (χ3n) is 1.33. The average molecular weight is 174 g/mol. The molecule has 0 aliphatic heterocycles. The van der Waals surface area contributed by atoms with Crippen molar-refractivity contribution in [2.45, 2.75) is 5.03 Å². The monoisotopic (exact) mass is 174 g/mol. The first kappa shape index (κ1) is 8.29. The molecule has 0 fully saturated rings. The van der Waals surface area contributed by atoms with Crippen LogP contribution in [0.25, 0.3) is 0 Å². The molecule has 0 radical (unpaired) electrons. The van der Waals surface area contributed by atoms with Gasteiger partial charge in [0.25, 0.3) is 10.0 Å². The zero-order valence-electron chi connectivity index (χ0n) is 6.40. The van der Waals surface area contributed by atoms with E-state index in [1.807, 2.05) is 0 Å². The van der Waals surface area contributed by atoms with Crippen LogP contribution < -0.4 is 0 Å². The molecule has 1 aromatic heterocycles. The first-order chi connectivity index (χ1) is 5.05. The molecule has 0 atom stereocenters. The second kappa shape index (κ2) is 2.67. The molecule has 0 bridgehead atoms. The maximum atomic E-state index is 11.3. The van der Waals surface area contributed by atoms with E-state index in [0.717, 1.165) is 0 Å². The molecule has 0 amide bonds. The number of nitrogens with one attached hydrogen (secondary N) is 1. The largest absolute Gasteiger partial charge is 0.351 e. The normalized spacial score (nSPS) is 12.3. The van der Waals surface area contributed by atoms with Gasteiger partial charge in [0.05, 0.1) is 0 Å². The predicted octanol–water partition coefficient (Wildman–Crippen LogP) is 0.265. The van der Waals surface area contributed by atoms with E-state index >= 15 is 0 Å². The zero-order chi connectivity index (χ0) is 8.48. The highest BCUT2D eigenvalue weighted by atomic mass is 32.2. The summed E-state index contributed by atoms with van der Waals surface area (Å²) >= 11 is 0. The summed E-state index contributed by atoms with van der Waals surface area (Å²) in [4.78, 5) is 2.63. The van der Waals surface area contributed by atoms with Gasteiger partial charge in [0, 0.05) is 20.3 Å². The second-order valence-electron chi connectivity index (χ2n) is 2.32. The molecule has 1 rings (SSSR count). The molecule has 0 spiro atoms. The summed E-state index contributed by atoms with van der Waals surface area (Å²) in [5, 5.41) is 0.225. The van der Waals surface area contributed by atoms with Crippen molar-refractivity contribution in [2.75, 3.05) is 14.1 Å². The highest BCUT2D eigenvalue weighted by Crippen LogP contribution is 2.08. The number of aromatic amines is 1. The Kier molecular flexibility index (Phi) is 2.01. The molecule has 0 unspecified atom stereocenters. The second-order valence-corrected chi connectivity index (χ2v) is 4.44. The smallest absolute Gasteiger partial charge is 0.257 e. The molecule has 0 saturated carbocycles. The van der Waals surface area contributed by atoms with Crippen LogP contribution in [0.1, 0.15) is 0 Å². The van der Waals surface area contributed by atoms with Gasteiger partial charge in [0.15, 0.2) is 0 Å². The maximum absolute atomic E-state index is 11.3. The van der Waals surface area contributed by atoms with Crippen molar-refractivity contribution < 1.29 is 8.42 Å². The Hall–Kier alpha value is -0.810. The van der Waals surface area contributed by atoms with Crippen LogP contribution in [-0.4, -0.2) is 31.8 Å². The summed E-state index contributed by atoms with van der Waals surface area (Å²) in [5.41, 5.74) is 0. The lowest BCUT2D eigenvalue weighted by Crippen LogP contribution is -2.22. The number of hydrogen-bond donors (Lipinski definition) is 1. The van der Waals surface area contributed by atoms with Crippen LogP contribution in [0.3, 0.4) is 0 Å². The fourth-order valence-electron chi connectivity index (χ4n) is 0.671. The van der Waals surface area contributed by atoms with E-state index in [2.05, 4.69) is 4.98 Å². The van der Waals surface area contributed by atoms with Crippen molar-refractivity contribution in [1.29, 1.82) is 0 Å². The van der Waals surface area contributed by atoms with Gasteiger partial charge in [-0.1, -0.05) is 0 Å². The minimum atomic E-state index is -3.26. The Labute approximate surface area is 65.9 Å². The van der Waals surface area contributed by atoms with Crippen molar-refractivity contribution in [3.63, 3.8) is 0 Å². The molecule has 4 nitrogen and oxygen atoms in total. The fraction of sp³-hybridized carbons (Fsp3) is 0.333. The standard InChI is InChI=1S/C6H10N2O2S/c1-8(2)11(9,10)6-4-3-5-7-6/h3-5,7H,1-2H3. The SMILES string of the molecule is CN(C)S(=O)(=O)c1ccc[nH]1.